The van der Waals surface area contributed by atoms with Gasteiger partial charge in [-0.25, -0.2) is 4.98 Å². The highest BCUT2D eigenvalue weighted by atomic mass is 16.1. The third-order valence-corrected chi connectivity index (χ3v) is 4.20. The van der Waals surface area contributed by atoms with Crippen molar-refractivity contribution in [1.82, 2.24) is 14.9 Å². The minimum absolute atomic E-state index is 0.0362. The average Bonchev–Trinajstić information content (AvgIpc) is 2.87. The highest BCUT2D eigenvalue weighted by Crippen LogP contribution is 2.24. The van der Waals surface area contributed by atoms with Gasteiger partial charge in [0.15, 0.2) is 0 Å². The van der Waals surface area contributed by atoms with E-state index in [1.165, 1.54) is 12.8 Å². The highest BCUT2D eigenvalue weighted by Gasteiger charge is 2.27. The topological polar surface area (TPSA) is 49.0 Å². The summed E-state index contributed by atoms with van der Waals surface area (Å²) in [6.45, 7) is 6.36. The molecule has 1 saturated heterocycles. The van der Waals surface area contributed by atoms with E-state index in [1.54, 1.807) is 0 Å². The second kappa shape index (κ2) is 5.37. The number of nitrogens with one attached hydrogen (secondary N) is 1. The number of para-hydroxylation sites is 1. The summed E-state index contributed by atoms with van der Waals surface area (Å²) in [4.78, 5) is 22.0. The Morgan fingerprint density at radius 2 is 2.20 bits per heavy atom. The van der Waals surface area contributed by atoms with E-state index in [1.807, 2.05) is 24.3 Å². The number of aromatic amines is 1. The SMILES string of the molecule is CC(C)[C@H]1CCCN1Cc1nc2ccccc2c(=O)[nH]1. The monoisotopic (exact) mass is 271 g/mol. The Kier molecular flexibility index (Phi) is 3.57. The summed E-state index contributed by atoms with van der Waals surface area (Å²) >= 11 is 0. The number of likely N-dealkylation sites (tertiary alicyclic amines) is 1. The summed E-state index contributed by atoms with van der Waals surface area (Å²) in [7, 11) is 0. The van der Waals surface area contributed by atoms with Gasteiger partial charge >= 0.3 is 0 Å². The fraction of sp³-hybridized carbons (Fsp3) is 0.500. The van der Waals surface area contributed by atoms with Crippen LogP contribution in [0.4, 0.5) is 0 Å². The van der Waals surface area contributed by atoms with Crippen LogP contribution in [0.25, 0.3) is 10.9 Å². The number of H-pyrrole nitrogens is 1. The first kappa shape index (κ1) is 13.3. The number of rotatable bonds is 3. The third-order valence-electron chi connectivity index (χ3n) is 4.20. The summed E-state index contributed by atoms with van der Waals surface area (Å²) < 4.78 is 0. The van der Waals surface area contributed by atoms with E-state index in [9.17, 15) is 4.79 Å². The van der Waals surface area contributed by atoms with Crippen LogP contribution in [0.3, 0.4) is 0 Å². The number of hydrogen-bond acceptors (Lipinski definition) is 3. The van der Waals surface area contributed by atoms with Crippen molar-refractivity contribution in [3.05, 3.63) is 40.4 Å². The molecule has 0 bridgehead atoms. The predicted octanol–water partition coefficient (Wildman–Crippen LogP) is 2.54. The van der Waals surface area contributed by atoms with Gasteiger partial charge < -0.3 is 4.98 Å². The van der Waals surface area contributed by atoms with E-state index < -0.39 is 0 Å². The van der Waals surface area contributed by atoms with Crippen LogP contribution >= 0.6 is 0 Å². The van der Waals surface area contributed by atoms with E-state index in [-0.39, 0.29) is 5.56 Å². The molecule has 4 nitrogen and oxygen atoms in total. The predicted molar refractivity (Wildman–Crippen MR) is 80.6 cm³/mol. The average molecular weight is 271 g/mol. The Hall–Kier alpha value is -1.68. The maximum Gasteiger partial charge on any atom is 0.258 e. The van der Waals surface area contributed by atoms with E-state index >= 15 is 0 Å². The summed E-state index contributed by atoms with van der Waals surface area (Å²) in [5, 5.41) is 0.665. The van der Waals surface area contributed by atoms with Gasteiger partial charge in [0.2, 0.25) is 0 Å². The fourth-order valence-electron chi connectivity index (χ4n) is 3.21. The third kappa shape index (κ3) is 2.48. The highest BCUT2D eigenvalue weighted by molar-refractivity contribution is 5.77. The first-order chi connectivity index (χ1) is 9.65. The van der Waals surface area contributed by atoms with Crippen LogP contribution in [-0.4, -0.2) is 27.5 Å². The van der Waals surface area contributed by atoms with Crippen molar-refractivity contribution in [2.75, 3.05) is 6.54 Å². The fourth-order valence-corrected chi connectivity index (χ4v) is 3.21. The lowest BCUT2D eigenvalue weighted by atomic mass is 10.0. The van der Waals surface area contributed by atoms with Gasteiger partial charge in [-0.1, -0.05) is 26.0 Å². The summed E-state index contributed by atoms with van der Waals surface area (Å²) in [6.07, 6.45) is 2.48. The molecule has 0 unspecified atom stereocenters. The Morgan fingerprint density at radius 1 is 1.40 bits per heavy atom. The van der Waals surface area contributed by atoms with Crippen LogP contribution in [0.15, 0.2) is 29.1 Å². The zero-order chi connectivity index (χ0) is 14.1. The summed E-state index contributed by atoms with van der Waals surface area (Å²) in [5.74, 6) is 1.42. The van der Waals surface area contributed by atoms with Gasteiger partial charge in [-0.05, 0) is 37.4 Å². The zero-order valence-electron chi connectivity index (χ0n) is 12.1. The van der Waals surface area contributed by atoms with Crippen LogP contribution in [0.1, 0.15) is 32.5 Å². The van der Waals surface area contributed by atoms with Gasteiger partial charge in [-0.3, -0.25) is 9.69 Å². The van der Waals surface area contributed by atoms with Crippen molar-refractivity contribution in [2.24, 2.45) is 5.92 Å². The van der Waals surface area contributed by atoms with Crippen molar-refractivity contribution in [2.45, 2.75) is 39.3 Å². The molecule has 2 heterocycles. The van der Waals surface area contributed by atoms with E-state index in [0.29, 0.717) is 17.3 Å². The van der Waals surface area contributed by atoms with Gasteiger partial charge in [-0.15, -0.1) is 0 Å². The van der Waals surface area contributed by atoms with Crippen LogP contribution < -0.4 is 5.56 Å². The molecule has 3 rings (SSSR count). The molecule has 1 aromatic heterocycles. The lowest BCUT2D eigenvalue weighted by Gasteiger charge is -2.26. The second-order valence-electron chi connectivity index (χ2n) is 5.95. The molecule has 1 aliphatic heterocycles. The number of nitrogens with zero attached hydrogens (tertiary/aromatic N) is 2. The quantitative estimate of drug-likeness (QED) is 0.933. The van der Waals surface area contributed by atoms with Crippen LogP contribution in [-0.2, 0) is 6.54 Å². The molecule has 0 saturated carbocycles. The lowest BCUT2D eigenvalue weighted by molar-refractivity contribution is 0.194. The van der Waals surface area contributed by atoms with Gasteiger partial charge in [0, 0.05) is 6.04 Å². The van der Waals surface area contributed by atoms with Gasteiger partial charge in [0.05, 0.1) is 17.4 Å². The Bertz CT molecular complexity index is 662. The molecule has 0 amide bonds. The minimum Gasteiger partial charge on any atom is -0.309 e. The molecule has 20 heavy (non-hydrogen) atoms. The molecule has 4 heteroatoms. The number of aromatic nitrogens is 2. The second-order valence-corrected chi connectivity index (χ2v) is 5.95. The van der Waals surface area contributed by atoms with Crippen molar-refractivity contribution in [3.63, 3.8) is 0 Å². The Balaban J connectivity index is 1.89. The van der Waals surface area contributed by atoms with Crippen LogP contribution in [0.2, 0.25) is 0 Å². The molecule has 0 aliphatic carbocycles. The van der Waals surface area contributed by atoms with Crippen LogP contribution in [0.5, 0.6) is 0 Å². The molecule has 0 radical (unpaired) electrons. The Morgan fingerprint density at radius 3 is 3.00 bits per heavy atom. The molecular weight excluding hydrogens is 250 g/mol. The standard InChI is InChI=1S/C16H21N3O/c1-11(2)14-8-5-9-19(14)10-15-17-13-7-4-3-6-12(13)16(20)18-15/h3-4,6-7,11,14H,5,8-10H2,1-2H3,(H,17,18,20)/t14-/m1/s1. The first-order valence-corrected chi connectivity index (χ1v) is 7.37. The summed E-state index contributed by atoms with van der Waals surface area (Å²) in [6, 6.07) is 8.11. The largest absolute Gasteiger partial charge is 0.309 e. The lowest BCUT2D eigenvalue weighted by Crippen LogP contribution is -2.34. The molecule has 1 atom stereocenters. The molecule has 1 aromatic carbocycles. The maximum atomic E-state index is 12.1. The normalized spacial score (nSPS) is 20.1. The van der Waals surface area contributed by atoms with E-state index in [0.717, 1.165) is 24.4 Å². The van der Waals surface area contributed by atoms with Crippen molar-refractivity contribution >= 4 is 10.9 Å². The van der Waals surface area contributed by atoms with E-state index in [4.69, 9.17) is 0 Å². The van der Waals surface area contributed by atoms with E-state index in [2.05, 4.69) is 28.7 Å². The maximum absolute atomic E-state index is 12.1. The zero-order valence-corrected chi connectivity index (χ0v) is 12.1. The molecule has 1 aliphatic rings. The summed E-state index contributed by atoms with van der Waals surface area (Å²) in [5.41, 5.74) is 0.748. The van der Waals surface area contributed by atoms with Crippen molar-refractivity contribution < 1.29 is 0 Å². The van der Waals surface area contributed by atoms with Gasteiger partial charge in [0.25, 0.3) is 5.56 Å². The molecule has 106 valence electrons. The Labute approximate surface area is 118 Å². The van der Waals surface area contributed by atoms with Crippen LogP contribution in [0, 0.1) is 5.92 Å². The first-order valence-electron chi connectivity index (χ1n) is 7.37. The number of benzene rings is 1. The molecule has 1 fully saturated rings. The number of fused-ring (bicyclic) bond motifs is 1. The molecule has 2 aromatic rings. The molecule has 1 N–H and O–H groups in total. The number of hydrogen-bond donors (Lipinski definition) is 1. The van der Waals surface area contributed by atoms with Crippen molar-refractivity contribution in [3.8, 4) is 0 Å². The van der Waals surface area contributed by atoms with Crippen molar-refractivity contribution in [1.29, 1.82) is 0 Å². The minimum atomic E-state index is -0.0362. The van der Waals surface area contributed by atoms with Gasteiger partial charge in [0.1, 0.15) is 5.82 Å². The smallest absolute Gasteiger partial charge is 0.258 e. The van der Waals surface area contributed by atoms with Gasteiger partial charge in [-0.2, -0.15) is 0 Å². The molecular formula is C16H21N3O. The molecule has 0 spiro atoms.